The molecule has 10 aromatic carbocycles. The van der Waals surface area contributed by atoms with E-state index in [1.165, 1.54) is 49.9 Å². The third-order valence-corrected chi connectivity index (χ3v) is 14.0. The first-order valence-electron chi connectivity index (χ1n) is 22.8. The van der Waals surface area contributed by atoms with Gasteiger partial charge in [-0.2, -0.15) is 0 Å². The third kappa shape index (κ3) is 5.97. The average Bonchev–Trinajstić information content (AvgIpc) is 4.00. The highest BCUT2D eigenvalue weighted by molar-refractivity contribution is 6.23. The second-order valence-corrected chi connectivity index (χ2v) is 18.1. The average molecular weight is 845 g/mol. The van der Waals surface area contributed by atoms with Gasteiger partial charge in [0.15, 0.2) is 0 Å². The highest BCUT2D eigenvalue weighted by Gasteiger charge is 2.35. The molecule has 0 fully saturated rings. The lowest BCUT2D eigenvalue weighted by Gasteiger charge is -2.26. The number of nitrogens with zero attached hydrogens (tertiary/aromatic N) is 2. The summed E-state index contributed by atoms with van der Waals surface area (Å²) >= 11 is 0. The fraction of sp³-hybridized carbons (Fsp3) is 0.0476. The number of hydrogen-bond acceptors (Lipinski definition) is 2. The van der Waals surface area contributed by atoms with E-state index in [0.29, 0.717) is 0 Å². The van der Waals surface area contributed by atoms with Crippen LogP contribution in [-0.2, 0) is 5.41 Å². The maximum Gasteiger partial charge on any atom is 0.145 e. The fourth-order valence-corrected chi connectivity index (χ4v) is 10.7. The Balaban J connectivity index is 0.841. The molecule has 1 aliphatic rings. The lowest BCUT2D eigenvalue weighted by atomic mass is 9.81. The summed E-state index contributed by atoms with van der Waals surface area (Å²) in [6.45, 7) is 4.69. The molecular weight excluding hydrogens is 801 g/mol. The van der Waals surface area contributed by atoms with Crippen molar-refractivity contribution in [2.45, 2.75) is 19.3 Å². The van der Waals surface area contributed by atoms with E-state index >= 15 is 0 Å². The molecule has 2 heterocycles. The predicted molar refractivity (Wildman–Crippen MR) is 277 cm³/mol. The Morgan fingerprint density at radius 2 is 0.894 bits per heavy atom. The molecule has 0 radical (unpaired) electrons. The first-order chi connectivity index (χ1) is 32.5. The Bertz CT molecular complexity index is 3800. The van der Waals surface area contributed by atoms with E-state index in [4.69, 9.17) is 4.42 Å². The Kier molecular flexibility index (Phi) is 8.56. The number of aromatic nitrogens is 1. The molecule has 0 bridgehead atoms. The number of furan rings is 1. The van der Waals surface area contributed by atoms with Gasteiger partial charge in [-0.25, -0.2) is 0 Å². The highest BCUT2D eigenvalue weighted by Crippen LogP contribution is 2.50. The van der Waals surface area contributed by atoms with E-state index in [9.17, 15) is 0 Å². The van der Waals surface area contributed by atoms with Crippen LogP contribution in [0.4, 0.5) is 17.1 Å². The summed E-state index contributed by atoms with van der Waals surface area (Å²) in [7, 11) is 0. The summed E-state index contributed by atoms with van der Waals surface area (Å²) in [6, 6.07) is 83.7. The minimum atomic E-state index is -0.0463. The van der Waals surface area contributed by atoms with E-state index in [-0.39, 0.29) is 5.41 Å². The van der Waals surface area contributed by atoms with E-state index < -0.39 is 0 Å². The van der Waals surface area contributed by atoms with Crippen LogP contribution in [0.5, 0.6) is 0 Å². The first-order valence-corrected chi connectivity index (χ1v) is 22.8. The molecule has 0 spiro atoms. The van der Waals surface area contributed by atoms with E-state index in [0.717, 1.165) is 72.2 Å². The molecule has 13 rings (SSSR count). The Morgan fingerprint density at radius 1 is 0.379 bits per heavy atom. The molecule has 3 heteroatoms. The SMILES string of the molecule is CC1(C)c2ccccc2-c2ccc(-c3ccc(N(c4ccc(-c5ccccc5)cc4)c4ccc(-c5ccc(-n6c7ccccc7c7c8oc9ccccc9c8ccc76)cc5)cc4)cc3)cc21. The van der Waals surface area contributed by atoms with Crippen LogP contribution in [0.2, 0.25) is 0 Å². The van der Waals surface area contributed by atoms with Gasteiger partial charge in [0.05, 0.1) is 16.4 Å². The van der Waals surface area contributed by atoms with Crippen LogP contribution in [-0.4, -0.2) is 4.57 Å². The monoisotopic (exact) mass is 844 g/mol. The summed E-state index contributed by atoms with van der Waals surface area (Å²) in [5, 5.41) is 4.62. The van der Waals surface area contributed by atoms with Gasteiger partial charge in [-0.15, -0.1) is 0 Å². The summed E-state index contributed by atoms with van der Waals surface area (Å²) in [4.78, 5) is 2.36. The smallest absolute Gasteiger partial charge is 0.145 e. The van der Waals surface area contributed by atoms with Crippen LogP contribution < -0.4 is 4.90 Å². The van der Waals surface area contributed by atoms with Gasteiger partial charge in [0, 0.05) is 44.3 Å². The molecule has 0 N–H and O–H groups in total. The zero-order valence-electron chi connectivity index (χ0n) is 36.7. The number of rotatable bonds is 7. The van der Waals surface area contributed by atoms with Crippen molar-refractivity contribution in [3.63, 3.8) is 0 Å². The number of benzene rings is 10. The van der Waals surface area contributed by atoms with Crippen molar-refractivity contribution in [3.8, 4) is 50.2 Å². The van der Waals surface area contributed by atoms with Crippen molar-refractivity contribution >= 4 is 60.8 Å². The normalized spacial score (nSPS) is 12.8. The van der Waals surface area contributed by atoms with Crippen molar-refractivity contribution < 1.29 is 4.42 Å². The molecule has 312 valence electrons. The van der Waals surface area contributed by atoms with Crippen LogP contribution in [0, 0.1) is 0 Å². The van der Waals surface area contributed by atoms with Crippen LogP contribution in [0.1, 0.15) is 25.0 Å². The van der Waals surface area contributed by atoms with Crippen molar-refractivity contribution in [1.29, 1.82) is 0 Å². The van der Waals surface area contributed by atoms with Gasteiger partial charge < -0.3 is 13.9 Å². The van der Waals surface area contributed by atoms with Gasteiger partial charge in [0.1, 0.15) is 11.2 Å². The molecule has 0 amide bonds. The summed E-state index contributed by atoms with van der Waals surface area (Å²) in [5.74, 6) is 0. The number of para-hydroxylation sites is 2. The zero-order valence-corrected chi connectivity index (χ0v) is 36.7. The maximum atomic E-state index is 6.54. The summed E-state index contributed by atoms with van der Waals surface area (Å²) in [6.07, 6.45) is 0. The van der Waals surface area contributed by atoms with Gasteiger partial charge in [0.2, 0.25) is 0 Å². The molecule has 3 nitrogen and oxygen atoms in total. The number of hydrogen-bond donors (Lipinski definition) is 0. The second kappa shape index (κ2) is 14.8. The van der Waals surface area contributed by atoms with E-state index in [1.54, 1.807) is 0 Å². The fourth-order valence-electron chi connectivity index (χ4n) is 10.7. The van der Waals surface area contributed by atoms with Crippen LogP contribution >= 0.6 is 0 Å². The highest BCUT2D eigenvalue weighted by atomic mass is 16.3. The number of fused-ring (bicyclic) bond motifs is 10. The topological polar surface area (TPSA) is 21.3 Å². The lowest BCUT2D eigenvalue weighted by Crippen LogP contribution is -2.14. The molecule has 12 aromatic rings. The van der Waals surface area contributed by atoms with E-state index in [2.05, 4.69) is 248 Å². The predicted octanol–water partition coefficient (Wildman–Crippen LogP) is 17.5. The Morgan fingerprint density at radius 3 is 1.58 bits per heavy atom. The molecule has 0 unspecified atom stereocenters. The maximum absolute atomic E-state index is 6.54. The summed E-state index contributed by atoms with van der Waals surface area (Å²) < 4.78 is 8.90. The summed E-state index contributed by atoms with van der Waals surface area (Å²) in [5.41, 5.74) is 21.1. The van der Waals surface area contributed by atoms with Crippen molar-refractivity contribution in [3.05, 3.63) is 242 Å². The largest absolute Gasteiger partial charge is 0.455 e. The molecule has 66 heavy (non-hydrogen) atoms. The molecular formula is C63H44N2O. The van der Waals surface area contributed by atoms with Gasteiger partial charge in [0.25, 0.3) is 0 Å². The van der Waals surface area contributed by atoms with Crippen molar-refractivity contribution in [2.75, 3.05) is 4.90 Å². The van der Waals surface area contributed by atoms with Gasteiger partial charge in [-0.1, -0.05) is 166 Å². The van der Waals surface area contributed by atoms with Crippen LogP contribution in [0.15, 0.2) is 235 Å². The third-order valence-electron chi connectivity index (χ3n) is 14.0. The molecule has 0 atom stereocenters. The molecule has 0 aliphatic heterocycles. The van der Waals surface area contributed by atoms with Gasteiger partial charge in [-0.3, -0.25) is 0 Å². The van der Waals surface area contributed by atoms with Crippen molar-refractivity contribution in [1.82, 2.24) is 4.57 Å². The molecule has 1 aliphatic carbocycles. The minimum absolute atomic E-state index is 0.0463. The quantitative estimate of drug-likeness (QED) is 0.159. The molecule has 2 aromatic heterocycles. The minimum Gasteiger partial charge on any atom is -0.455 e. The zero-order chi connectivity index (χ0) is 43.9. The Hall–Kier alpha value is -8.40. The molecule has 0 saturated carbocycles. The van der Waals surface area contributed by atoms with E-state index in [1.807, 2.05) is 6.07 Å². The first kappa shape index (κ1) is 38.1. The lowest BCUT2D eigenvalue weighted by molar-refractivity contribution is 0.660. The Labute approximate surface area is 384 Å². The van der Waals surface area contributed by atoms with Crippen LogP contribution in [0.25, 0.3) is 93.9 Å². The standard InChI is InChI=1S/C63H44N2O/c1-63(2)56-17-9-6-14-51(56)52-37-28-46(40-57(52)63)45-26-33-49(34-27-45)64(47-29-20-42(21-30-47)41-12-4-3-5-13-41)48-31-22-43(23-32-48)44-24-35-50(36-25-44)65-58-18-10-7-16-55(58)61-59(65)39-38-54-53-15-8-11-19-60(53)66-62(54)61/h3-40H,1-2H3. The van der Waals surface area contributed by atoms with Crippen molar-refractivity contribution in [2.24, 2.45) is 0 Å². The number of anilines is 3. The van der Waals surface area contributed by atoms with Gasteiger partial charge in [-0.05, 0) is 134 Å². The second-order valence-electron chi connectivity index (χ2n) is 18.1. The van der Waals surface area contributed by atoms with Gasteiger partial charge >= 0.3 is 0 Å². The molecule has 0 saturated heterocycles. The van der Waals surface area contributed by atoms with Crippen LogP contribution in [0.3, 0.4) is 0 Å².